The Hall–Kier alpha value is -3.55. The third kappa shape index (κ3) is 4.79. The molecule has 2 aromatic heterocycles. The number of esters is 1. The number of fused-ring (bicyclic) bond motifs is 1. The zero-order valence-electron chi connectivity index (χ0n) is 15.4. The summed E-state index contributed by atoms with van der Waals surface area (Å²) in [5.74, 6) is -0.220. The molecule has 1 N–H and O–H groups in total. The third-order valence-corrected chi connectivity index (χ3v) is 3.99. The van der Waals surface area contributed by atoms with Crippen LogP contribution in [0.25, 0.3) is 11.0 Å². The van der Waals surface area contributed by atoms with Crippen molar-refractivity contribution in [1.29, 1.82) is 0 Å². The van der Waals surface area contributed by atoms with Crippen LogP contribution in [-0.2, 0) is 14.3 Å². The number of rotatable bonds is 7. The SMILES string of the molecule is Cc1cc(=O)oc2cc(OCC(=O)OCC(=O)N[C@H](C)c3ccco3)ccc12. The molecule has 0 unspecified atom stereocenters. The second-order valence-corrected chi connectivity index (χ2v) is 6.16. The first-order valence-electron chi connectivity index (χ1n) is 8.58. The lowest BCUT2D eigenvalue weighted by Gasteiger charge is -2.12. The fourth-order valence-electron chi connectivity index (χ4n) is 2.62. The summed E-state index contributed by atoms with van der Waals surface area (Å²) in [6.45, 7) is 2.73. The summed E-state index contributed by atoms with van der Waals surface area (Å²) in [5.41, 5.74) is 0.686. The number of ether oxygens (including phenoxy) is 2. The highest BCUT2D eigenvalue weighted by atomic mass is 16.6. The van der Waals surface area contributed by atoms with E-state index in [1.54, 1.807) is 38.1 Å². The van der Waals surface area contributed by atoms with Crippen molar-refractivity contribution >= 4 is 22.8 Å². The summed E-state index contributed by atoms with van der Waals surface area (Å²) >= 11 is 0. The molecule has 8 heteroatoms. The molecule has 0 bridgehead atoms. The zero-order valence-corrected chi connectivity index (χ0v) is 15.4. The zero-order chi connectivity index (χ0) is 20.1. The van der Waals surface area contributed by atoms with Gasteiger partial charge in [0.2, 0.25) is 0 Å². The Bertz CT molecular complexity index is 1040. The molecule has 146 valence electrons. The van der Waals surface area contributed by atoms with Gasteiger partial charge in [0, 0.05) is 17.5 Å². The number of furan rings is 1. The Labute approximate surface area is 160 Å². The number of carbonyl (C=O) groups is 2. The summed E-state index contributed by atoms with van der Waals surface area (Å²) in [5, 5.41) is 3.42. The van der Waals surface area contributed by atoms with Crippen LogP contribution in [0.2, 0.25) is 0 Å². The Kier molecular flexibility index (Phi) is 5.78. The van der Waals surface area contributed by atoms with E-state index in [4.69, 9.17) is 18.3 Å². The quantitative estimate of drug-likeness (QED) is 0.492. The molecule has 2 heterocycles. The summed E-state index contributed by atoms with van der Waals surface area (Å²) < 4.78 is 20.5. The monoisotopic (exact) mass is 385 g/mol. The molecule has 28 heavy (non-hydrogen) atoms. The average molecular weight is 385 g/mol. The number of carbonyl (C=O) groups excluding carboxylic acids is 2. The topological polar surface area (TPSA) is 108 Å². The maximum absolute atomic E-state index is 11.8. The van der Waals surface area contributed by atoms with Crippen LogP contribution in [0.1, 0.15) is 24.3 Å². The van der Waals surface area contributed by atoms with Crippen LogP contribution in [0.3, 0.4) is 0 Å². The highest BCUT2D eigenvalue weighted by Gasteiger charge is 2.14. The van der Waals surface area contributed by atoms with E-state index in [-0.39, 0.29) is 12.6 Å². The van der Waals surface area contributed by atoms with Gasteiger partial charge in [-0.15, -0.1) is 0 Å². The molecule has 0 saturated carbocycles. The highest BCUT2D eigenvalue weighted by Crippen LogP contribution is 2.22. The predicted molar refractivity (Wildman–Crippen MR) is 98.9 cm³/mol. The highest BCUT2D eigenvalue weighted by molar-refractivity contribution is 5.82. The molecule has 0 aliphatic rings. The van der Waals surface area contributed by atoms with Gasteiger partial charge in [0.1, 0.15) is 17.1 Å². The van der Waals surface area contributed by atoms with Crippen LogP contribution in [-0.4, -0.2) is 25.1 Å². The van der Waals surface area contributed by atoms with Gasteiger partial charge in [-0.3, -0.25) is 4.79 Å². The Morgan fingerprint density at radius 2 is 2.00 bits per heavy atom. The van der Waals surface area contributed by atoms with Gasteiger partial charge >= 0.3 is 11.6 Å². The summed E-state index contributed by atoms with van der Waals surface area (Å²) in [6.07, 6.45) is 1.51. The van der Waals surface area contributed by atoms with Crippen LogP contribution < -0.4 is 15.7 Å². The van der Waals surface area contributed by atoms with Crippen LogP contribution in [0, 0.1) is 6.92 Å². The third-order valence-electron chi connectivity index (χ3n) is 3.99. The molecule has 0 saturated heterocycles. The van der Waals surface area contributed by atoms with Gasteiger partial charge in [0.05, 0.1) is 12.3 Å². The number of hydrogen-bond acceptors (Lipinski definition) is 7. The molecular weight excluding hydrogens is 366 g/mol. The molecule has 0 fully saturated rings. The molecular formula is C20H19NO7. The van der Waals surface area contributed by atoms with Gasteiger partial charge in [-0.2, -0.15) is 0 Å². The fourth-order valence-corrected chi connectivity index (χ4v) is 2.62. The number of amides is 1. The van der Waals surface area contributed by atoms with Gasteiger partial charge in [0.25, 0.3) is 5.91 Å². The van der Waals surface area contributed by atoms with Gasteiger partial charge in [-0.25, -0.2) is 9.59 Å². The second-order valence-electron chi connectivity index (χ2n) is 6.16. The molecule has 1 aromatic carbocycles. The number of aryl methyl sites for hydroxylation is 1. The smallest absolute Gasteiger partial charge is 0.344 e. The van der Waals surface area contributed by atoms with Crippen LogP contribution in [0.4, 0.5) is 0 Å². The van der Waals surface area contributed by atoms with Gasteiger partial charge in [-0.05, 0) is 43.7 Å². The van der Waals surface area contributed by atoms with Crippen molar-refractivity contribution in [2.45, 2.75) is 19.9 Å². The van der Waals surface area contributed by atoms with Crippen molar-refractivity contribution in [3.63, 3.8) is 0 Å². The van der Waals surface area contributed by atoms with Crippen molar-refractivity contribution in [3.05, 3.63) is 64.4 Å². The fraction of sp³-hybridized carbons (Fsp3) is 0.250. The van der Waals surface area contributed by atoms with Crippen LogP contribution in [0.5, 0.6) is 5.75 Å². The van der Waals surface area contributed by atoms with Crippen molar-refractivity contribution in [2.75, 3.05) is 13.2 Å². The lowest BCUT2D eigenvalue weighted by atomic mass is 10.1. The Morgan fingerprint density at radius 3 is 2.75 bits per heavy atom. The molecule has 0 aliphatic heterocycles. The van der Waals surface area contributed by atoms with Gasteiger partial charge in [0.15, 0.2) is 13.2 Å². The van der Waals surface area contributed by atoms with Gasteiger partial charge in [-0.1, -0.05) is 0 Å². The lowest BCUT2D eigenvalue weighted by molar-refractivity contribution is -0.150. The van der Waals surface area contributed by atoms with Crippen molar-refractivity contribution in [2.24, 2.45) is 0 Å². The second kappa shape index (κ2) is 8.43. The molecule has 3 rings (SSSR count). The minimum absolute atomic E-state index is 0.340. The maximum Gasteiger partial charge on any atom is 0.344 e. The van der Waals surface area contributed by atoms with Crippen molar-refractivity contribution in [1.82, 2.24) is 5.32 Å². The average Bonchev–Trinajstić information content (AvgIpc) is 3.19. The Balaban J connectivity index is 1.48. The maximum atomic E-state index is 11.8. The molecule has 0 aliphatic carbocycles. The molecule has 1 amide bonds. The van der Waals surface area contributed by atoms with E-state index in [2.05, 4.69) is 5.32 Å². The van der Waals surface area contributed by atoms with E-state index >= 15 is 0 Å². The van der Waals surface area contributed by atoms with E-state index in [0.29, 0.717) is 17.1 Å². The first-order valence-corrected chi connectivity index (χ1v) is 8.58. The normalized spacial score (nSPS) is 11.8. The molecule has 1 atom stereocenters. The summed E-state index contributed by atoms with van der Waals surface area (Å²) in [7, 11) is 0. The van der Waals surface area contributed by atoms with E-state index < -0.39 is 24.1 Å². The lowest BCUT2D eigenvalue weighted by Crippen LogP contribution is -2.31. The molecule has 0 spiro atoms. The largest absolute Gasteiger partial charge is 0.482 e. The Morgan fingerprint density at radius 1 is 1.18 bits per heavy atom. The van der Waals surface area contributed by atoms with Gasteiger partial charge < -0.3 is 23.6 Å². The molecule has 3 aromatic rings. The predicted octanol–water partition coefficient (Wildman–Crippen LogP) is 2.49. The van der Waals surface area contributed by atoms with Crippen LogP contribution in [0.15, 0.2) is 56.3 Å². The summed E-state index contributed by atoms with van der Waals surface area (Å²) in [4.78, 5) is 35.1. The minimum atomic E-state index is -0.702. The molecule has 0 radical (unpaired) electrons. The van der Waals surface area contributed by atoms with E-state index in [1.165, 1.54) is 18.4 Å². The standard InChI is InChI=1S/C20H19NO7/c1-12-8-19(23)28-17-9-14(5-6-15(12)17)26-11-20(24)27-10-18(22)21-13(2)16-4-3-7-25-16/h3-9,13H,10-11H2,1-2H3,(H,21,22)/t13-/m1/s1. The number of benzene rings is 1. The van der Waals surface area contributed by atoms with Crippen LogP contribution >= 0.6 is 0 Å². The van der Waals surface area contributed by atoms with Crippen molar-refractivity contribution < 1.29 is 27.9 Å². The number of nitrogens with one attached hydrogen (secondary N) is 1. The van der Waals surface area contributed by atoms with E-state index in [0.717, 1.165) is 10.9 Å². The van der Waals surface area contributed by atoms with E-state index in [9.17, 15) is 14.4 Å². The minimum Gasteiger partial charge on any atom is -0.482 e. The van der Waals surface area contributed by atoms with Crippen molar-refractivity contribution in [3.8, 4) is 5.75 Å². The summed E-state index contributed by atoms with van der Waals surface area (Å²) in [6, 6.07) is 9.42. The first-order chi connectivity index (χ1) is 13.4. The van der Waals surface area contributed by atoms with E-state index in [1.807, 2.05) is 0 Å². The number of hydrogen-bond donors (Lipinski definition) is 1. The molecule has 8 nitrogen and oxygen atoms in total. The first kappa shape index (κ1) is 19.2.